The first-order valence-electron chi connectivity index (χ1n) is 3.79. The van der Waals surface area contributed by atoms with Crippen LogP contribution in [0.4, 0.5) is 0 Å². The number of nitrogens with one attached hydrogen (secondary N) is 1. The Morgan fingerprint density at radius 1 is 1.40 bits per heavy atom. The van der Waals surface area contributed by atoms with Crippen molar-refractivity contribution in [3.05, 3.63) is 10.6 Å². The van der Waals surface area contributed by atoms with Gasteiger partial charge >= 0.3 is 11.9 Å². The average Bonchev–Trinajstić information content (AvgIpc) is 2.26. The maximum atomic E-state index is 11.0. The molecule has 0 aromatic heterocycles. The lowest BCUT2D eigenvalue weighted by molar-refractivity contribution is -0.139. The predicted molar refractivity (Wildman–Crippen MR) is 53.7 cm³/mol. The van der Waals surface area contributed by atoms with E-state index in [9.17, 15) is 9.59 Å². The Bertz CT molecular complexity index is 332. The molecule has 1 N–H and O–H groups in total. The number of esters is 2. The highest BCUT2D eigenvalue weighted by Gasteiger charge is 2.14. The average molecular weight is 230 g/mol. The molecule has 0 atom stereocenters. The molecule has 0 spiro atoms. The van der Waals surface area contributed by atoms with Gasteiger partial charge in [0.15, 0.2) is 5.57 Å². The molecule has 0 radical (unpaired) electrons. The third kappa shape index (κ3) is 4.37. The number of methoxy groups -OCH3 is 2. The number of nitrogens with zero attached hydrogens (tertiary/aromatic N) is 1. The molecule has 7 heteroatoms. The van der Waals surface area contributed by atoms with Crippen LogP contribution in [0.3, 0.4) is 0 Å². The Hall–Kier alpha value is -1.68. The molecule has 15 heavy (non-hydrogen) atoms. The zero-order valence-corrected chi connectivity index (χ0v) is 9.13. The van der Waals surface area contributed by atoms with E-state index in [1.54, 1.807) is 6.07 Å². The molecule has 0 bridgehead atoms. The molecule has 82 valence electrons. The molecule has 0 aliphatic heterocycles. The summed E-state index contributed by atoms with van der Waals surface area (Å²) < 4.78 is 8.68. The van der Waals surface area contributed by atoms with Crippen molar-refractivity contribution in [3.8, 4) is 6.07 Å². The lowest BCUT2D eigenvalue weighted by atomic mass is 10.3. The molecule has 0 aliphatic rings. The molecular weight excluding hydrogens is 220 g/mol. The Balaban J connectivity index is 4.55. The topological polar surface area (TPSA) is 88.4 Å². The Kier molecular flexibility index (Phi) is 5.97. The van der Waals surface area contributed by atoms with E-state index in [0.29, 0.717) is 0 Å². The summed E-state index contributed by atoms with van der Waals surface area (Å²) in [6, 6.07) is 1.61. The van der Waals surface area contributed by atoms with Gasteiger partial charge in [-0.25, -0.2) is 4.79 Å². The summed E-state index contributed by atoms with van der Waals surface area (Å²) in [5.41, 5.74) is -0.301. The van der Waals surface area contributed by atoms with Crippen LogP contribution in [0.15, 0.2) is 10.6 Å². The first-order chi connectivity index (χ1) is 7.06. The van der Waals surface area contributed by atoms with Gasteiger partial charge < -0.3 is 14.8 Å². The fraction of sp³-hybridized carbons (Fsp3) is 0.375. The lowest BCUT2D eigenvalue weighted by Crippen LogP contribution is -2.23. The van der Waals surface area contributed by atoms with Crippen LogP contribution in [0, 0.1) is 11.3 Å². The molecule has 0 aromatic rings. The second-order valence-corrected chi connectivity index (χ2v) is 2.70. The smallest absolute Gasteiger partial charge is 0.351 e. The molecule has 0 amide bonds. The highest BCUT2D eigenvalue weighted by molar-refractivity contribution is 7.84. The van der Waals surface area contributed by atoms with E-state index in [-0.39, 0.29) is 17.1 Å². The van der Waals surface area contributed by atoms with Crippen molar-refractivity contribution in [1.82, 2.24) is 5.32 Å². The highest BCUT2D eigenvalue weighted by atomic mass is 32.1. The second-order valence-electron chi connectivity index (χ2n) is 2.26. The van der Waals surface area contributed by atoms with Crippen LogP contribution in [0.5, 0.6) is 0 Å². The van der Waals surface area contributed by atoms with Gasteiger partial charge in [-0.15, -0.1) is 12.6 Å². The Morgan fingerprint density at radius 2 is 2.00 bits per heavy atom. The number of nitriles is 1. The van der Waals surface area contributed by atoms with Crippen molar-refractivity contribution in [2.24, 2.45) is 0 Å². The molecule has 0 unspecified atom stereocenters. The summed E-state index contributed by atoms with van der Waals surface area (Å²) in [6.45, 7) is -0.183. The fourth-order valence-electron chi connectivity index (χ4n) is 0.614. The SMILES string of the molecule is COC(=O)CN/C(S)=C(/C#N)C(=O)OC. The minimum Gasteiger partial charge on any atom is -0.468 e. The molecule has 0 heterocycles. The van der Waals surface area contributed by atoms with Crippen molar-refractivity contribution in [2.45, 2.75) is 0 Å². The maximum Gasteiger partial charge on any atom is 0.351 e. The zero-order valence-electron chi connectivity index (χ0n) is 8.23. The largest absolute Gasteiger partial charge is 0.468 e. The summed E-state index contributed by atoms with van der Waals surface area (Å²) in [5.74, 6) is -1.36. The predicted octanol–water partition coefficient (Wildman–Crippen LogP) is -0.413. The van der Waals surface area contributed by atoms with Crippen molar-refractivity contribution in [2.75, 3.05) is 20.8 Å². The first kappa shape index (κ1) is 13.3. The van der Waals surface area contributed by atoms with Gasteiger partial charge in [-0.3, -0.25) is 4.79 Å². The van der Waals surface area contributed by atoms with Crippen molar-refractivity contribution in [3.63, 3.8) is 0 Å². The van der Waals surface area contributed by atoms with Gasteiger partial charge in [0.05, 0.1) is 19.2 Å². The van der Waals surface area contributed by atoms with Crippen molar-refractivity contribution in [1.29, 1.82) is 5.26 Å². The molecule has 0 saturated carbocycles. The summed E-state index contributed by atoms with van der Waals surface area (Å²) in [5, 5.41) is 11.0. The monoisotopic (exact) mass is 230 g/mol. The van der Waals surface area contributed by atoms with Crippen LogP contribution in [-0.2, 0) is 19.1 Å². The number of rotatable bonds is 4. The molecule has 0 rings (SSSR count). The van der Waals surface area contributed by atoms with Gasteiger partial charge in [0.2, 0.25) is 0 Å². The molecule has 6 nitrogen and oxygen atoms in total. The second kappa shape index (κ2) is 6.73. The van der Waals surface area contributed by atoms with Crippen molar-refractivity contribution >= 4 is 24.6 Å². The van der Waals surface area contributed by atoms with E-state index in [0.717, 1.165) is 7.11 Å². The van der Waals surface area contributed by atoms with E-state index in [1.807, 2.05) is 0 Å². The first-order valence-corrected chi connectivity index (χ1v) is 4.23. The van der Waals surface area contributed by atoms with E-state index in [2.05, 4.69) is 27.4 Å². The van der Waals surface area contributed by atoms with Crippen LogP contribution >= 0.6 is 12.6 Å². The van der Waals surface area contributed by atoms with Gasteiger partial charge in [-0.1, -0.05) is 0 Å². The molecule has 0 aromatic carbocycles. The maximum absolute atomic E-state index is 11.0. The molecule has 0 saturated heterocycles. The number of hydrogen-bond donors (Lipinski definition) is 2. The molecule has 0 fully saturated rings. The van der Waals surface area contributed by atoms with Gasteiger partial charge in [0.1, 0.15) is 12.6 Å². The van der Waals surface area contributed by atoms with E-state index < -0.39 is 11.9 Å². The third-order valence-corrected chi connectivity index (χ3v) is 1.75. The summed E-state index contributed by atoms with van der Waals surface area (Å²) in [6.07, 6.45) is 0. The fourth-order valence-corrected chi connectivity index (χ4v) is 0.834. The van der Waals surface area contributed by atoms with Crippen LogP contribution in [0.1, 0.15) is 0 Å². The van der Waals surface area contributed by atoms with E-state index in [4.69, 9.17) is 5.26 Å². The number of carbonyl (C=O) groups is 2. The van der Waals surface area contributed by atoms with Gasteiger partial charge in [-0.05, 0) is 0 Å². The third-order valence-electron chi connectivity index (χ3n) is 1.37. The van der Waals surface area contributed by atoms with Gasteiger partial charge in [0.25, 0.3) is 0 Å². The minimum atomic E-state index is -0.820. The summed E-state index contributed by atoms with van der Waals surface area (Å²) in [7, 11) is 2.36. The normalized spacial score (nSPS) is 10.8. The highest BCUT2D eigenvalue weighted by Crippen LogP contribution is 2.06. The summed E-state index contributed by atoms with van der Waals surface area (Å²) in [4.78, 5) is 21.7. The van der Waals surface area contributed by atoms with Crippen LogP contribution < -0.4 is 5.32 Å². The van der Waals surface area contributed by atoms with Crippen LogP contribution in [0.2, 0.25) is 0 Å². The quantitative estimate of drug-likeness (QED) is 0.295. The van der Waals surface area contributed by atoms with Crippen LogP contribution in [0.25, 0.3) is 0 Å². The number of carbonyl (C=O) groups excluding carboxylic acids is 2. The van der Waals surface area contributed by atoms with Crippen molar-refractivity contribution < 1.29 is 19.1 Å². The number of hydrogen-bond acceptors (Lipinski definition) is 7. The Labute approximate surface area is 92.3 Å². The standard InChI is InChI=1S/C8H10N2O4S/c1-13-6(11)4-10-7(15)5(3-9)8(12)14-2/h10,15H,4H2,1-2H3/b7-5+. The van der Waals surface area contributed by atoms with Crippen LogP contribution in [-0.4, -0.2) is 32.7 Å². The summed E-state index contributed by atoms with van der Waals surface area (Å²) >= 11 is 3.85. The van der Waals surface area contributed by atoms with E-state index in [1.165, 1.54) is 7.11 Å². The Morgan fingerprint density at radius 3 is 2.40 bits per heavy atom. The minimum absolute atomic E-state index is 0.0326. The number of thiol groups is 1. The molecule has 0 aliphatic carbocycles. The lowest BCUT2D eigenvalue weighted by Gasteiger charge is -2.05. The van der Waals surface area contributed by atoms with Gasteiger partial charge in [0, 0.05) is 0 Å². The number of ether oxygens (including phenoxy) is 2. The zero-order chi connectivity index (χ0) is 11.8. The molecular formula is C8H10N2O4S. The van der Waals surface area contributed by atoms with Gasteiger partial charge in [-0.2, -0.15) is 5.26 Å². The van der Waals surface area contributed by atoms with E-state index >= 15 is 0 Å².